The van der Waals surface area contributed by atoms with Crippen LogP contribution in [-0.2, 0) is 6.54 Å². The molecule has 1 aliphatic rings. The maximum absolute atomic E-state index is 12.8. The van der Waals surface area contributed by atoms with Crippen LogP contribution < -0.4 is 5.73 Å². The Bertz CT molecular complexity index is 416. The van der Waals surface area contributed by atoms with E-state index in [1.165, 1.54) is 12.8 Å². The van der Waals surface area contributed by atoms with E-state index >= 15 is 0 Å². The minimum Gasteiger partial charge on any atom is -0.330 e. The number of nitrogens with zero attached hydrogens (tertiary/aromatic N) is 3. The second kappa shape index (κ2) is 8.62. The summed E-state index contributed by atoms with van der Waals surface area (Å²) in [5.74, 6) is 0. The van der Waals surface area contributed by atoms with E-state index in [1.807, 2.05) is 28.1 Å². The second-order valence-electron chi connectivity index (χ2n) is 5.61. The first-order valence-electron chi connectivity index (χ1n) is 7.94. The number of carbonyl (C=O) groups excluding carboxylic acids is 1. The Morgan fingerprint density at radius 1 is 1.29 bits per heavy atom. The summed E-state index contributed by atoms with van der Waals surface area (Å²) >= 11 is 0. The zero-order chi connectivity index (χ0) is 14.9. The summed E-state index contributed by atoms with van der Waals surface area (Å²) in [7, 11) is 0. The van der Waals surface area contributed by atoms with Crippen molar-refractivity contribution in [2.24, 2.45) is 5.73 Å². The van der Waals surface area contributed by atoms with Crippen LogP contribution in [0.25, 0.3) is 0 Å². The minimum atomic E-state index is 0.147. The Morgan fingerprint density at radius 3 is 2.67 bits per heavy atom. The first-order valence-corrected chi connectivity index (χ1v) is 7.94. The van der Waals surface area contributed by atoms with Crippen LogP contribution in [0.5, 0.6) is 0 Å². The third-order valence-electron chi connectivity index (χ3n) is 3.88. The minimum absolute atomic E-state index is 0.147. The number of hydrogen-bond donors (Lipinski definition) is 1. The summed E-state index contributed by atoms with van der Waals surface area (Å²) in [5.41, 5.74) is 6.68. The first-order chi connectivity index (χ1) is 10.3. The first kappa shape index (κ1) is 15.8. The van der Waals surface area contributed by atoms with Crippen molar-refractivity contribution in [2.45, 2.75) is 38.6 Å². The second-order valence-corrected chi connectivity index (χ2v) is 5.61. The van der Waals surface area contributed by atoms with Crippen molar-refractivity contribution in [3.05, 3.63) is 30.1 Å². The predicted octanol–water partition coefficient (Wildman–Crippen LogP) is 2.23. The number of amides is 2. The Labute approximate surface area is 127 Å². The number of aromatic nitrogens is 1. The van der Waals surface area contributed by atoms with Crippen LogP contribution in [0.4, 0.5) is 4.79 Å². The van der Waals surface area contributed by atoms with Gasteiger partial charge in [-0.15, -0.1) is 0 Å². The van der Waals surface area contributed by atoms with Crippen LogP contribution in [0.3, 0.4) is 0 Å². The topological polar surface area (TPSA) is 62.5 Å². The van der Waals surface area contributed by atoms with Crippen molar-refractivity contribution in [3.63, 3.8) is 0 Å². The number of carbonyl (C=O) groups is 1. The molecule has 1 aromatic heterocycles. The third kappa shape index (κ3) is 5.01. The molecule has 0 spiro atoms. The Morgan fingerprint density at radius 2 is 2.05 bits per heavy atom. The standard InChI is InChI=1S/C16H26N4O/c17-8-6-12-20(14-15-7-5-9-18-13-15)16(21)19-10-3-1-2-4-11-19/h5,7,9,13H,1-4,6,8,10-12,14,17H2. The largest absolute Gasteiger partial charge is 0.330 e. The molecule has 5 nitrogen and oxygen atoms in total. The van der Waals surface area contributed by atoms with Crippen molar-refractivity contribution in [1.29, 1.82) is 0 Å². The SMILES string of the molecule is NCCCN(Cc1cccnc1)C(=O)N1CCCCCC1. The molecule has 1 aromatic rings. The van der Waals surface area contributed by atoms with E-state index in [0.29, 0.717) is 19.6 Å². The number of rotatable bonds is 5. The van der Waals surface area contributed by atoms with E-state index < -0.39 is 0 Å². The summed E-state index contributed by atoms with van der Waals surface area (Å²) in [5, 5.41) is 0. The normalized spacial score (nSPS) is 15.6. The molecule has 0 aliphatic carbocycles. The van der Waals surface area contributed by atoms with Gasteiger partial charge in [0, 0.05) is 38.6 Å². The van der Waals surface area contributed by atoms with E-state index in [0.717, 1.165) is 37.9 Å². The van der Waals surface area contributed by atoms with Crippen LogP contribution in [0.2, 0.25) is 0 Å². The molecule has 116 valence electrons. The number of urea groups is 1. The highest BCUT2D eigenvalue weighted by molar-refractivity contribution is 5.74. The molecule has 2 N–H and O–H groups in total. The van der Waals surface area contributed by atoms with Gasteiger partial charge < -0.3 is 15.5 Å². The smallest absolute Gasteiger partial charge is 0.320 e. The fourth-order valence-corrected chi connectivity index (χ4v) is 2.70. The maximum Gasteiger partial charge on any atom is 0.320 e. The molecule has 1 saturated heterocycles. The van der Waals surface area contributed by atoms with E-state index in [2.05, 4.69) is 4.98 Å². The molecule has 2 amide bonds. The molecule has 0 atom stereocenters. The molecule has 0 bridgehead atoms. The van der Waals surface area contributed by atoms with Gasteiger partial charge in [0.15, 0.2) is 0 Å². The van der Waals surface area contributed by atoms with Crippen molar-refractivity contribution in [1.82, 2.24) is 14.8 Å². The van der Waals surface area contributed by atoms with E-state index in [1.54, 1.807) is 6.20 Å². The summed E-state index contributed by atoms with van der Waals surface area (Å²) in [6.45, 7) is 3.69. The molecule has 0 saturated carbocycles. The van der Waals surface area contributed by atoms with Gasteiger partial charge in [-0.25, -0.2) is 4.79 Å². The lowest BCUT2D eigenvalue weighted by Gasteiger charge is -2.30. The van der Waals surface area contributed by atoms with Gasteiger partial charge in [-0.3, -0.25) is 4.98 Å². The lowest BCUT2D eigenvalue weighted by molar-refractivity contribution is 0.151. The number of nitrogens with two attached hydrogens (primary N) is 1. The Balaban J connectivity index is 2.01. The van der Waals surface area contributed by atoms with Gasteiger partial charge in [-0.2, -0.15) is 0 Å². The van der Waals surface area contributed by atoms with Crippen LogP contribution in [0.15, 0.2) is 24.5 Å². The highest BCUT2D eigenvalue weighted by atomic mass is 16.2. The molecule has 0 unspecified atom stereocenters. The molecule has 0 aromatic carbocycles. The number of likely N-dealkylation sites (tertiary alicyclic amines) is 1. The average molecular weight is 290 g/mol. The fourth-order valence-electron chi connectivity index (χ4n) is 2.70. The molecule has 2 rings (SSSR count). The highest BCUT2D eigenvalue weighted by Crippen LogP contribution is 2.14. The molecule has 1 fully saturated rings. The van der Waals surface area contributed by atoms with Crippen molar-refractivity contribution in [3.8, 4) is 0 Å². The Hall–Kier alpha value is -1.62. The van der Waals surface area contributed by atoms with Gasteiger partial charge in [0.05, 0.1) is 0 Å². The fraction of sp³-hybridized carbons (Fsp3) is 0.625. The lowest BCUT2D eigenvalue weighted by atomic mass is 10.2. The van der Waals surface area contributed by atoms with Crippen LogP contribution in [0, 0.1) is 0 Å². The number of pyridine rings is 1. The van der Waals surface area contributed by atoms with Gasteiger partial charge in [0.25, 0.3) is 0 Å². The van der Waals surface area contributed by atoms with Crippen LogP contribution >= 0.6 is 0 Å². The zero-order valence-electron chi connectivity index (χ0n) is 12.7. The maximum atomic E-state index is 12.8. The van der Waals surface area contributed by atoms with Crippen molar-refractivity contribution in [2.75, 3.05) is 26.2 Å². The van der Waals surface area contributed by atoms with Gasteiger partial charge in [-0.1, -0.05) is 18.9 Å². The summed E-state index contributed by atoms with van der Waals surface area (Å²) in [6, 6.07) is 4.07. The Kier molecular flexibility index (Phi) is 6.47. The third-order valence-corrected chi connectivity index (χ3v) is 3.88. The summed E-state index contributed by atoms with van der Waals surface area (Å²) in [4.78, 5) is 20.8. The molecule has 21 heavy (non-hydrogen) atoms. The van der Waals surface area contributed by atoms with Crippen LogP contribution in [-0.4, -0.2) is 47.0 Å². The van der Waals surface area contributed by atoms with Gasteiger partial charge in [0.1, 0.15) is 0 Å². The lowest BCUT2D eigenvalue weighted by Crippen LogP contribution is -2.44. The average Bonchev–Trinajstić information content (AvgIpc) is 2.81. The van der Waals surface area contributed by atoms with Crippen LogP contribution in [0.1, 0.15) is 37.7 Å². The quantitative estimate of drug-likeness (QED) is 0.904. The molecule has 5 heteroatoms. The van der Waals surface area contributed by atoms with E-state index in [9.17, 15) is 4.79 Å². The van der Waals surface area contributed by atoms with Crippen molar-refractivity contribution >= 4 is 6.03 Å². The number of hydrogen-bond acceptors (Lipinski definition) is 3. The summed E-state index contributed by atoms with van der Waals surface area (Å²) < 4.78 is 0. The molecular weight excluding hydrogens is 264 g/mol. The molecule has 1 aliphatic heterocycles. The van der Waals surface area contributed by atoms with E-state index in [4.69, 9.17) is 5.73 Å². The summed E-state index contributed by atoms with van der Waals surface area (Å²) in [6.07, 6.45) is 9.10. The van der Waals surface area contributed by atoms with E-state index in [-0.39, 0.29) is 6.03 Å². The monoisotopic (exact) mass is 290 g/mol. The van der Waals surface area contributed by atoms with Gasteiger partial charge in [0.2, 0.25) is 0 Å². The van der Waals surface area contributed by atoms with Gasteiger partial charge in [-0.05, 0) is 37.4 Å². The predicted molar refractivity (Wildman–Crippen MR) is 83.8 cm³/mol. The molecular formula is C16H26N4O. The highest BCUT2D eigenvalue weighted by Gasteiger charge is 2.21. The zero-order valence-corrected chi connectivity index (χ0v) is 12.7. The van der Waals surface area contributed by atoms with Crippen molar-refractivity contribution < 1.29 is 4.79 Å². The molecule has 0 radical (unpaired) electrons. The van der Waals surface area contributed by atoms with Gasteiger partial charge >= 0.3 is 6.03 Å². The molecule has 2 heterocycles.